The summed E-state index contributed by atoms with van der Waals surface area (Å²) in [5, 5.41) is 6.46. The number of benzene rings is 1. The van der Waals surface area contributed by atoms with Crippen molar-refractivity contribution in [1.29, 1.82) is 0 Å². The smallest absolute Gasteiger partial charge is 0.331 e. The molecule has 2 N–H and O–H groups in total. The molecule has 152 valence electrons. The van der Waals surface area contributed by atoms with Gasteiger partial charge in [0.05, 0.1) is 19.3 Å². The lowest BCUT2D eigenvalue weighted by Crippen LogP contribution is -2.50. The van der Waals surface area contributed by atoms with Gasteiger partial charge in [-0.3, -0.25) is 0 Å². The van der Waals surface area contributed by atoms with Crippen molar-refractivity contribution in [2.75, 3.05) is 13.7 Å². The molecule has 1 aromatic rings. The summed E-state index contributed by atoms with van der Waals surface area (Å²) in [5.74, 6) is 0.393. The zero-order valence-corrected chi connectivity index (χ0v) is 18.2. The van der Waals surface area contributed by atoms with Crippen LogP contribution in [-0.2, 0) is 20.8 Å². The van der Waals surface area contributed by atoms with Crippen LogP contribution in [0.15, 0.2) is 24.3 Å². The summed E-state index contributed by atoms with van der Waals surface area (Å²) in [5.41, 5.74) is 0.0801. The van der Waals surface area contributed by atoms with E-state index in [0.29, 0.717) is 11.7 Å². The van der Waals surface area contributed by atoms with Crippen molar-refractivity contribution >= 4 is 23.3 Å². The number of carbonyl (C=O) groups is 1. The van der Waals surface area contributed by atoms with Crippen molar-refractivity contribution in [1.82, 2.24) is 10.6 Å². The Kier molecular flexibility index (Phi) is 8.50. The van der Waals surface area contributed by atoms with Crippen molar-refractivity contribution in [3.8, 4) is 5.75 Å². The maximum Gasteiger partial charge on any atom is 0.331 e. The topological polar surface area (TPSA) is 68.8 Å². The molecule has 0 saturated carbocycles. The first-order valence-corrected chi connectivity index (χ1v) is 9.34. The molecule has 1 unspecified atom stereocenters. The van der Waals surface area contributed by atoms with Crippen LogP contribution >= 0.6 is 12.2 Å². The summed E-state index contributed by atoms with van der Waals surface area (Å²) in [4.78, 5) is 12.5. The number of ether oxygens (including phenoxy) is 3. The fourth-order valence-electron chi connectivity index (χ4n) is 2.01. The van der Waals surface area contributed by atoms with Gasteiger partial charge in [-0.25, -0.2) is 4.79 Å². The number of hydrogen-bond acceptors (Lipinski definition) is 5. The largest absolute Gasteiger partial charge is 0.497 e. The van der Waals surface area contributed by atoms with Gasteiger partial charge in [-0.05, 0) is 71.5 Å². The molecule has 1 rings (SSSR count). The minimum absolute atomic E-state index is 0.156. The molecular formula is C20H32N2O4S. The molecule has 0 aromatic heterocycles. The second kappa shape index (κ2) is 9.90. The van der Waals surface area contributed by atoms with Crippen LogP contribution in [-0.4, -0.2) is 42.0 Å². The lowest BCUT2D eigenvalue weighted by molar-refractivity contribution is -0.160. The third-order valence-electron chi connectivity index (χ3n) is 3.29. The van der Waals surface area contributed by atoms with Crippen molar-refractivity contribution < 1.29 is 19.0 Å². The van der Waals surface area contributed by atoms with Gasteiger partial charge < -0.3 is 24.8 Å². The highest BCUT2D eigenvalue weighted by Crippen LogP contribution is 2.12. The molecule has 0 fully saturated rings. The Labute approximate surface area is 168 Å². The Hall–Kier alpha value is -1.86. The third-order valence-corrected chi connectivity index (χ3v) is 3.55. The summed E-state index contributed by atoms with van der Waals surface area (Å²) in [6, 6.07) is 6.96. The Morgan fingerprint density at radius 3 is 2.15 bits per heavy atom. The minimum Gasteiger partial charge on any atom is -0.497 e. The van der Waals surface area contributed by atoms with E-state index in [1.807, 2.05) is 65.8 Å². The molecule has 7 heteroatoms. The minimum atomic E-state index is -0.695. The zero-order valence-electron chi connectivity index (χ0n) is 17.3. The number of rotatable bonds is 7. The lowest BCUT2D eigenvalue weighted by atomic mass is 10.1. The normalized spacial score (nSPS) is 12.9. The maximum atomic E-state index is 12.5. The maximum absolute atomic E-state index is 12.5. The van der Waals surface area contributed by atoms with Gasteiger partial charge in [0.1, 0.15) is 17.4 Å². The molecule has 0 aliphatic carbocycles. The van der Waals surface area contributed by atoms with E-state index in [-0.39, 0.29) is 12.2 Å². The predicted molar refractivity (Wildman–Crippen MR) is 111 cm³/mol. The number of esters is 1. The summed E-state index contributed by atoms with van der Waals surface area (Å²) in [6.07, 6.45) is 0. The second-order valence-electron chi connectivity index (χ2n) is 8.18. The number of thiocarbonyl (C=S) groups is 1. The molecule has 0 aliphatic heterocycles. The van der Waals surface area contributed by atoms with E-state index in [1.165, 1.54) is 0 Å². The zero-order chi connectivity index (χ0) is 20.7. The van der Waals surface area contributed by atoms with Crippen LogP contribution in [0.3, 0.4) is 0 Å². The van der Waals surface area contributed by atoms with Crippen LogP contribution in [0.4, 0.5) is 0 Å². The van der Waals surface area contributed by atoms with Gasteiger partial charge in [0, 0.05) is 6.54 Å². The Bertz CT molecular complexity index is 618. The van der Waals surface area contributed by atoms with E-state index >= 15 is 0 Å². The van der Waals surface area contributed by atoms with Gasteiger partial charge >= 0.3 is 5.97 Å². The average Bonchev–Trinajstić information content (AvgIpc) is 2.54. The van der Waals surface area contributed by atoms with Gasteiger partial charge in [0.15, 0.2) is 5.11 Å². The molecular weight excluding hydrogens is 364 g/mol. The first-order valence-electron chi connectivity index (χ1n) is 8.94. The van der Waals surface area contributed by atoms with Crippen molar-refractivity contribution in [2.24, 2.45) is 0 Å². The van der Waals surface area contributed by atoms with E-state index in [9.17, 15) is 4.79 Å². The number of carbonyl (C=O) groups excluding carboxylic acids is 1. The van der Waals surface area contributed by atoms with E-state index in [4.69, 9.17) is 26.4 Å². The van der Waals surface area contributed by atoms with Gasteiger partial charge in [-0.15, -0.1) is 0 Å². The highest BCUT2D eigenvalue weighted by molar-refractivity contribution is 7.80. The quantitative estimate of drug-likeness (QED) is 0.542. The molecule has 0 saturated heterocycles. The Balaban J connectivity index is 2.65. The number of hydrogen-bond donors (Lipinski definition) is 2. The third kappa shape index (κ3) is 10.2. The molecule has 0 heterocycles. The van der Waals surface area contributed by atoms with E-state index in [0.717, 1.165) is 11.3 Å². The van der Waals surface area contributed by atoms with Gasteiger partial charge in [-0.1, -0.05) is 12.1 Å². The van der Waals surface area contributed by atoms with E-state index in [1.54, 1.807) is 7.11 Å². The molecule has 1 aromatic carbocycles. The van der Waals surface area contributed by atoms with Crippen molar-refractivity contribution in [3.05, 3.63) is 29.8 Å². The summed E-state index contributed by atoms with van der Waals surface area (Å²) in [7, 11) is 1.63. The predicted octanol–water partition coefficient (Wildman–Crippen LogP) is 3.18. The van der Waals surface area contributed by atoms with Gasteiger partial charge in [-0.2, -0.15) is 0 Å². The van der Waals surface area contributed by atoms with Gasteiger partial charge in [0.2, 0.25) is 0 Å². The van der Waals surface area contributed by atoms with E-state index in [2.05, 4.69) is 10.6 Å². The monoisotopic (exact) mass is 396 g/mol. The van der Waals surface area contributed by atoms with Crippen molar-refractivity contribution in [2.45, 2.75) is 65.3 Å². The molecule has 6 nitrogen and oxygen atoms in total. The molecule has 0 bridgehead atoms. The molecule has 0 radical (unpaired) electrons. The highest BCUT2D eigenvalue weighted by Gasteiger charge is 2.27. The molecule has 27 heavy (non-hydrogen) atoms. The first-order chi connectivity index (χ1) is 12.4. The summed E-state index contributed by atoms with van der Waals surface area (Å²) < 4.78 is 16.4. The number of nitrogens with one attached hydrogen (secondary N) is 2. The van der Waals surface area contributed by atoms with Crippen molar-refractivity contribution in [3.63, 3.8) is 0 Å². The lowest BCUT2D eigenvalue weighted by Gasteiger charge is -2.28. The SMILES string of the molecule is COc1ccc(CNC(=S)NC(COC(C)(C)C)C(=O)OC(C)(C)C)cc1. The highest BCUT2D eigenvalue weighted by atomic mass is 32.1. The molecule has 0 aliphatic rings. The molecule has 0 amide bonds. The second-order valence-corrected chi connectivity index (χ2v) is 8.59. The number of methoxy groups -OCH3 is 1. The Morgan fingerprint density at radius 2 is 1.67 bits per heavy atom. The van der Waals surface area contributed by atoms with Crippen LogP contribution in [0, 0.1) is 0 Å². The van der Waals surface area contributed by atoms with Crippen LogP contribution in [0.5, 0.6) is 5.75 Å². The average molecular weight is 397 g/mol. The van der Waals surface area contributed by atoms with Crippen LogP contribution in [0.1, 0.15) is 47.1 Å². The molecule has 0 spiro atoms. The summed E-state index contributed by atoms with van der Waals surface area (Å²) in [6.45, 7) is 11.9. The van der Waals surface area contributed by atoms with Crippen LogP contribution < -0.4 is 15.4 Å². The van der Waals surface area contributed by atoms with Crippen LogP contribution in [0.25, 0.3) is 0 Å². The van der Waals surface area contributed by atoms with Gasteiger partial charge in [0.25, 0.3) is 0 Å². The standard InChI is InChI=1S/C20H32N2O4S/c1-19(2,3)25-13-16(17(23)26-20(4,5)6)22-18(27)21-12-14-8-10-15(24-7)11-9-14/h8-11,16H,12-13H2,1-7H3,(H2,21,22,27). The summed E-state index contributed by atoms with van der Waals surface area (Å²) >= 11 is 5.34. The first kappa shape index (κ1) is 23.2. The fraction of sp³-hybridized carbons (Fsp3) is 0.600. The molecule has 1 atom stereocenters. The fourth-order valence-corrected chi connectivity index (χ4v) is 2.22. The Morgan fingerprint density at radius 1 is 1.07 bits per heavy atom. The van der Waals surface area contributed by atoms with E-state index < -0.39 is 17.6 Å². The van der Waals surface area contributed by atoms with Crippen LogP contribution in [0.2, 0.25) is 0 Å².